The van der Waals surface area contributed by atoms with Crippen molar-refractivity contribution < 1.29 is 13.4 Å². The van der Waals surface area contributed by atoms with Gasteiger partial charge in [0.05, 0.1) is 16.6 Å². The lowest BCUT2D eigenvalue weighted by Crippen LogP contribution is -2.30. The van der Waals surface area contributed by atoms with E-state index in [-0.39, 0.29) is 11.7 Å². The van der Waals surface area contributed by atoms with Gasteiger partial charge < -0.3 is 9.32 Å². The van der Waals surface area contributed by atoms with E-state index in [1.165, 1.54) is 0 Å². The molecule has 2 aromatic rings. The fourth-order valence-electron chi connectivity index (χ4n) is 2.26. The quantitative estimate of drug-likeness (QED) is 0.820. The van der Waals surface area contributed by atoms with Gasteiger partial charge in [0.2, 0.25) is 0 Å². The Labute approximate surface area is 133 Å². The third-order valence-electron chi connectivity index (χ3n) is 3.54. The van der Waals surface area contributed by atoms with Gasteiger partial charge in [-0.05, 0) is 44.5 Å². The average Bonchev–Trinajstić information content (AvgIpc) is 2.97. The second kappa shape index (κ2) is 7.40. The topological polar surface area (TPSA) is 50.5 Å². The van der Waals surface area contributed by atoms with E-state index in [2.05, 4.69) is 0 Å². The maximum Gasteiger partial charge on any atom is 0.289 e. The predicted molar refractivity (Wildman–Crippen MR) is 87.3 cm³/mol. The first-order valence-electron chi connectivity index (χ1n) is 7.38. The van der Waals surface area contributed by atoms with E-state index in [0.29, 0.717) is 24.6 Å². The Balaban J connectivity index is 2.11. The Morgan fingerprint density at radius 1 is 1.14 bits per heavy atom. The number of furan rings is 1. The van der Waals surface area contributed by atoms with Crippen LogP contribution in [-0.2, 0) is 16.6 Å². The third-order valence-corrected chi connectivity index (χ3v) is 5.03. The van der Waals surface area contributed by atoms with Gasteiger partial charge in [-0.15, -0.1) is 0 Å². The van der Waals surface area contributed by atoms with E-state index in [4.69, 9.17) is 4.42 Å². The molecule has 1 atom stereocenters. The number of amides is 1. The highest BCUT2D eigenvalue weighted by molar-refractivity contribution is 7.84. The van der Waals surface area contributed by atoms with Crippen LogP contribution in [0.15, 0.2) is 45.7 Å². The van der Waals surface area contributed by atoms with E-state index < -0.39 is 10.8 Å². The van der Waals surface area contributed by atoms with E-state index >= 15 is 0 Å². The van der Waals surface area contributed by atoms with Crippen LogP contribution in [0.5, 0.6) is 0 Å². The van der Waals surface area contributed by atoms with E-state index in [1.807, 2.05) is 45.0 Å². The Bertz CT molecular complexity index is 674. The molecule has 1 amide bonds. The van der Waals surface area contributed by atoms with Crippen LogP contribution in [0.25, 0.3) is 0 Å². The van der Waals surface area contributed by atoms with Gasteiger partial charge in [0.25, 0.3) is 5.91 Å². The van der Waals surface area contributed by atoms with Crippen LogP contribution in [0.4, 0.5) is 0 Å². The summed E-state index contributed by atoms with van der Waals surface area (Å²) >= 11 is 0. The van der Waals surface area contributed by atoms with Crippen molar-refractivity contribution in [3.8, 4) is 0 Å². The summed E-state index contributed by atoms with van der Waals surface area (Å²) in [6.07, 6.45) is 0. The maximum atomic E-state index is 12.4. The zero-order valence-electron chi connectivity index (χ0n) is 13.2. The molecule has 0 N–H and O–H groups in total. The molecular weight excluding hydrogens is 298 g/mol. The predicted octanol–water partition coefficient (Wildman–Crippen LogP) is 3.38. The summed E-state index contributed by atoms with van der Waals surface area (Å²) in [5, 5.41) is 0. The molecule has 118 valence electrons. The van der Waals surface area contributed by atoms with E-state index in [0.717, 1.165) is 10.5 Å². The lowest BCUT2D eigenvalue weighted by Gasteiger charge is -2.16. The first-order valence-corrected chi connectivity index (χ1v) is 8.70. The molecule has 0 aliphatic carbocycles. The molecule has 4 nitrogen and oxygen atoms in total. The van der Waals surface area contributed by atoms with Crippen molar-refractivity contribution in [2.24, 2.45) is 0 Å². The number of rotatable bonds is 6. The van der Waals surface area contributed by atoms with Gasteiger partial charge >= 0.3 is 0 Å². The van der Waals surface area contributed by atoms with Gasteiger partial charge in [-0.3, -0.25) is 9.00 Å². The van der Waals surface area contributed by atoms with Crippen molar-refractivity contribution in [3.05, 3.63) is 53.5 Å². The summed E-state index contributed by atoms with van der Waals surface area (Å²) in [5.41, 5.74) is 0.992. The SMILES string of the molecule is CCN(CC)C(=O)c1ccc(CS(=O)c2ccccc2C)o1. The summed E-state index contributed by atoms with van der Waals surface area (Å²) < 4.78 is 18.0. The highest BCUT2D eigenvalue weighted by atomic mass is 32.2. The molecule has 0 fully saturated rings. The number of benzene rings is 1. The van der Waals surface area contributed by atoms with E-state index in [9.17, 15) is 9.00 Å². The number of hydrogen-bond donors (Lipinski definition) is 0. The summed E-state index contributed by atoms with van der Waals surface area (Å²) in [5.74, 6) is 1.02. The van der Waals surface area contributed by atoms with Crippen molar-refractivity contribution in [3.63, 3.8) is 0 Å². The summed E-state index contributed by atoms with van der Waals surface area (Å²) in [4.78, 5) is 14.7. The number of aryl methyl sites for hydroxylation is 1. The molecule has 22 heavy (non-hydrogen) atoms. The number of nitrogens with zero attached hydrogens (tertiary/aromatic N) is 1. The second-order valence-corrected chi connectivity index (χ2v) is 6.42. The van der Waals surface area contributed by atoms with Gasteiger partial charge in [-0.2, -0.15) is 0 Å². The second-order valence-electron chi connectivity index (χ2n) is 5.00. The molecule has 1 unspecified atom stereocenters. The molecule has 0 radical (unpaired) electrons. The van der Waals surface area contributed by atoms with Gasteiger partial charge in [-0.25, -0.2) is 0 Å². The minimum absolute atomic E-state index is 0.127. The maximum absolute atomic E-state index is 12.4. The number of carbonyl (C=O) groups excluding carboxylic acids is 1. The zero-order chi connectivity index (χ0) is 16.1. The molecule has 0 bridgehead atoms. The van der Waals surface area contributed by atoms with Crippen LogP contribution < -0.4 is 0 Å². The molecule has 1 aromatic carbocycles. The fourth-order valence-corrected chi connectivity index (χ4v) is 3.48. The van der Waals surface area contributed by atoms with Crippen molar-refractivity contribution in [2.75, 3.05) is 13.1 Å². The molecule has 0 spiro atoms. The smallest absolute Gasteiger partial charge is 0.289 e. The first-order chi connectivity index (χ1) is 10.6. The Morgan fingerprint density at radius 3 is 2.45 bits per heavy atom. The third kappa shape index (κ3) is 3.65. The minimum atomic E-state index is -1.18. The Morgan fingerprint density at radius 2 is 1.82 bits per heavy atom. The Kier molecular flexibility index (Phi) is 5.55. The van der Waals surface area contributed by atoms with Gasteiger partial charge in [-0.1, -0.05) is 18.2 Å². The molecule has 2 rings (SSSR count). The molecule has 1 heterocycles. The van der Waals surface area contributed by atoms with Gasteiger partial charge in [0.15, 0.2) is 5.76 Å². The zero-order valence-corrected chi connectivity index (χ0v) is 14.0. The monoisotopic (exact) mass is 319 g/mol. The van der Waals surface area contributed by atoms with Crippen molar-refractivity contribution >= 4 is 16.7 Å². The molecule has 5 heteroatoms. The first kappa shape index (κ1) is 16.5. The van der Waals surface area contributed by atoms with Gasteiger partial charge in [0, 0.05) is 18.0 Å². The molecule has 1 aromatic heterocycles. The Hall–Kier alpha value is -1.88. The van der Waals surface area contributed by atoms with E-state index in [1.54, 1.807) is 17.0 Å². The lowest BCUT2D eigenvalue weighted by atomic mass is 10.2. The summed E-state index contributed by atoms with van der Waals surface area (Å²) in [6, 6.07) is 11.0. The average molecular weight is 319 g/mol. The molecule has 0 aliphatic heterocycles. The summed E-state index contributed by atoms with van der Waals surface area (Å²) in [7, 11) is -1.18. The largest absolute Gasteiger partial charge is 0.455 e. The van der Waals surface area contributed by atoms with Gasteiger partial charge in [0.1, 0.15) is 5.76 Å². The standard InChI is InChI=1S/C17H21NO3S/c1-4-18(5-2)17(19)15-11-10-14(21-15)12-22(20)16-9-7-6-8-13(16)3/h6-11H,4-5,12H2,1-3H3. The molecule has 0 saturated heterocycles. The summed E-state index contributed by atoms with van der Waals surface area (Å²) in [6.45, 7) is 7.07. The van der Waals surface area contributed by atoms with Crippen molar-refractivity contribution in [1.29, 1.82) is 0 Å². The van der Waals surface area contributed by atoms with Crippen LogP contribution in [0, 0.1) is 6.92 Å². The van der Waals surface area contributed by atoms with Crippen LogP contribution in [0.3, 0.4) is 0 Å². The van der Waals surface area contributed by atoms with Crippen LogP contribution in [0.2, 0.25) is 0 Å². The normalized spacial score (nSPS) is 12.1. The number of carbonyl (C=O) groups is 1. The van der Waals surface area contributed by atoms with Crippen LogP contribution >= 0.6 is 0 Å². The van der Waals surface area contributed by atoms with Crippen molar-refractivity contribution in [1.82, 2.24) is 4.90 Å². The minimum Gasteiger partial charge on any atom is -0.455 e. The van der Waals surface area contributed by atoms with Crippen LogP contribution in [-0.4, -0.2) is 28.1 Å². The highest BCUT2D eigenvalue weighted by Crippen LogP contribution is 2.18. The van der Waals surface area contributed by atoms with Crippen LogP contribution in [0.1, 0.15) is 35.7 Å². The molecule has 0 aliphatic rings. The number of hydrogen-bond acceptors (Lipinski definition) is 3. The highest BCUT2D eigenvalue weighted by Gasteiger charge is 2.18. The van der Waals surface area contributed by atoms with Crippen molar-refractivity contribution in [2.45, 2.75) is 31.4 Å². The fraction of sp³-hybridized carbons (Fsp3) is 0.353. The molecule has 0 saturated carbocycles. The molecular formula is C17H21NO3S. The lowest BCUT2D eigenvalue weighted by molar-refractivity contribution is 0.0739.